The second kappa shape index (κ2) is 15.6. The molecule has 3 amide bonds. The first-order chi connectivity index (χ1) is 20.3. The Hall–Kier alpha value is -3.63. The van der Waals surface area contributed by atoms with Crippen molar-refractivity contribution in [1.29, 1.82) is 0 Å². The lowest BCUT2D eigenvalue weighted by atomic mass is 9.96. The summed E-state index contributed by atoms with van der Waals surface area (Å²) in [5.74, 6) is -0.0492. The van der Waals surface area contributed by atoms with Crippen LogP contribution in [0.3, 0.4) is 0 Å². The molecule has 0 radical (unpaired) electrons. The van der Waals surface area contributed by atoms with E-state index < -0.39 is 11.9 Å². The zero-order valence-electron chi connectivity index (χ0n) is 23.8. The average molecular weight is 594 g/mol. The van der Waals surface area contributed by atoms with Crippen LogP contribution in [0.15, 0.2) is 72.8 Å². The standard InChI is InChI=1S/C32H40ClN5O4/c33-27-13-11-26(12-14-27)30(25-8-2-1-3-9-25)37-20-18-36(19-21-37)16-6-22-42-29-15-10-24(23-28(29)31(34)39)7-4-5-17-38(41)32(35)40/h1-3,8-15,23,30,41H,4-7,16-22H2,(H2,34,39)(H2,35,40). The summed E-state index contributed by atoms with van der Waals surface area (Å²) < 4.78 is 5.97. The van der Waals surface area contributed by atoms with Gasteiger partial charge in [0.1, 0.15) is 5.75 Å². The summed E-state index contributed by atoms with van der Waals surface area (Å²) in [6.07, 6.45) is 2.78. The maximum absolute atomic E-state index is 12.1. The van der Waals surface area contributed by atoms with E-state index in [1.165, 1.54) is 11.1 Å². The van der Waals surface area contributed by atoms with Crippen molar-refractivity contribution in [2.24, 2.45) is 11.5 Å². The Bertz CT molecular complexity index is 1300. The summed E-state index contributed by atoms with van der Waals surface area (Å²) in [5, 5.41) is 10.6. The highest BCUT2D eigenvalue weighted by Crippen LogP contribution is 2.30. The number of nitrogens with two attached hydrogens (primary N) is 2. The summed E-state index contributed by atoms with van der Waals surface area (Å²) in [6, 6.07) is 23.5. The zero-order chi connectivity index (χ0) is 29.9. The summed E-state index contributed by atoms with van der Waals surface area (Å²) in [6.45, 7) is 5.38. The molecule has 224 valence electrons. The Morgan fingerprint density at radius 1 is 0.905 bits per heavy atom. The van der Waals surface area contributed by atoms with Gasteiger partial charge in [0.25, 0.3) is 5.91 Å². The number of rotatable bonds is 14. The fraction of sp³-hybridized carbons (Fsp3) is 0.375. The highest BCUT2D eigenvalue weighted by molar-refractivity contribution is 6.30. The number of benzene rings is 3. The van der Waals surface area contributed by atoms with Crippen LogP contribution >= 0.6 is 11.6 Å². The summed E-state index contributed by atoms with van der Waals surface area (Å²) >= 11 is 6.16. The molecule has 1 aliphatic heterocycles. The highest BCUT2D eigenvalue weighted by Gasteiger charge is 2.26. The number of hydroxylamine groups is 2. The number of amides is 3. The van der Waals surface area contributed by atoms with Gasteiger partial charge in [-0.3, -0.25) is 14.9 Å². The largest absolute Gasteiger partial charge is 0.493 e. The Labute approximate surface area is 252 Å². The second-order valence-corrected chi connectivity index (χ2v) is 11.0. The maximum Gasteiger partial charge on any atom is 0.338 e. The number of primary amides is 2. The molecular weight excluding hydrogens is 554 g/mol. The third-order valence-corrected chi connectivity index (χ3v) is 7.85. The fourth-order valence-electron chi connectivity index (χ4n) is 5.36. The van der Waals surface area contributed by atoms with E-state index in [-0.39, 0.29) is 12.6 Å². The van der Waals surface area contributed by atoms with Crippen molar-refractivity contribution in [3.63, 3.8) is 0 Å². The number of carbonyl (C=O) groups is 2. The quantitative estimate of drug-likeness (QED) is 0.141. The second-order valence-electron chi connectivity index (χ2n) is 10.6. The van der Waals surface area contributed by atoms with Gasteiger partial charge < -0.3 is 21.1 Å². The fourth-order valence-corrected chi connectivity index (χ4v) is 5.49. The number of unbranched alkanes of at least 4 members (excludes halogenated alkanes) is 1. The van der Waals surface area contributed by atoms with Crippen LogP contribution in [-0.2, 0) is 6.42 Å². The molecular formula is C32H40ClN5O4. The summed E-state index contributed by atoms with van der Waals surface area (Å²) in [4.78, 5) is 28.0. The Morgan fingerprint density at radius 2 is 1.60 bits per heavy atom. The first-order valence-corrected chi connectivity index (χ1v) is 14.8. The molecule has 1 aliphatic rings. The van der Waals surface area contributed by atoms with Gasteiger partial charge in [-0.15, -0.1) is 0 Å². The minimum Gasteiger partial charge on any atom is -0.493 e. The smallest absolute Gasteiger partial charge is 0.338 e. The van der Waals surface area contributed by atoms with Crippen LogP contribution in [0.4, 0.5) is 4.79 Å². The van der Waals surface area contributed by atoms with Gasteiger partial charge in [-0.2, -0.15) is 0 Å². The van der Waals surface area contributed by atoms with Crippen molar-refractivity contribution in [1.82, 2.24) is 14.9 Å². The monoisotopic (exact) mass is 593 g/mol. The Kier molecular flexibility index (Phi) is 11.6. The van der Waals surface area contributed by atoms with Crippen molar-refractivity contribution in [3.8, 4) is 5.75 Å². The molecule has 3 aromatic carbocycles. The van der Waals surface area contributed by atoms with Gasteiger partial charge in [-0.25, -0.2) is 9.86 Å². The van der Waals surface area contributed by atoms with Gasteiger partial charge in [0, 0.05) is 37.7 Å². The number of carbonyl (C=O) groups excluding carboxylic acids is 2. The molecule has 5 N–H and O–H groups in total. The molecule has 42 heavy (non-hydrogen) atoms. The maximum atomic E-state index is 12.1. The molecule has 0 saturated carbocycles. The number of halogens is 1. The molecule has 0 aliphatic carbocycles. The SMILES string of the molecule is NC(=O)c1cc(CCCCN(O)C(N)=O)ccc1OCCCN1CCN(C(c2ccccc2)c2ccc(Cl)cc2)CC1. The number of urea groups is 1. The lowest BCUT2D eigenvalue weighted by Crippen LogP contribution is -2.48. The van der Waals surface area contributed by atoms with E-state index in [9.17, 15) is 14.8 Å². The topological polar surface area (TPSA) is 125 Å². The molecule has 1 atom stereocenters. The van der Waals surface area contributed by atoms with E-state index in [0.29, 0.717) is 42.2 Å². The first-order valence-electron chi connectivity index (χ1n) is 14.4. The molecule has 1 unspecified atom stereocenters. The van der Waals surface area contributed by atoms with E-state index in [0.717, 1.165) is 49.7 Å². The Balaban J connectivity index is 1.24. The van der Waals surface area contributed by atoms with Gasteiger partial charge in [-0.05, 0) is 66.6 Å². The molecule has 4 rings (SSSR count). The van der Waals surface area contributed by atoms with Crippen LogP contribution in [-0.4, -0.2) is 77.9 Å². The summed E-state index contributed by atoms with van der Waals surface area (Å²) in [5.41, 5.74) is 14.5. The van der Waals surface area contributed by atoms with Gasteiger partial charge in [0.15, 0.2) is 0 Å². The molecule has 1 heterocycles. The molecule has 3 aromatic rings. The lowest BCUT2D eigenvalue weighted by molar-refractivity contribution is -0.0402. The van der Waals surface area contributed by atoms with Crippen LogP contribution in [0.5, 0.6) is 5.75 Å². The lowest BCUT2D eigenvalue weighted by Gasteiger charge is -2.39. The van der Waals surface area contributed by atoms with Crippen LogP contribution in [0.2, 0.25) is 5.02 Å². The van der Waals surface area contributed by atoms with Gasteiger partial charge in [0.2, 0.25) is 0 Å². The van der Waals surface area contributed by atoms with E-state index in [4.69, 9.17) is 27.8 Å². The van der Waals surface area contributed by atoms with E-state index in [1.54, 1.807) is 12.1 Å². The number of hydrogen-bond acceptors (Lipinski definition) is 6. The predicted molar refractivity (Wildman–Crippen MR) is 164 cm³/mol. The molecule has 0 spiro atoms. The average Bonchev–Trinajstić information content (AvgIpc) is 3.00. The van der Waals surface area contributed by atoms with Crippen LogP contribution in [0, 0.1) is 0 Å². The third kappa shape index (κ3) is 8.93. The highest BCUT2D eigenvalue weighted by atomic mass is 35.5. The minimum atomic E-state index is -0.874. The number of piperazine rings is 1. The number of aryl methyl sites for hydroxylation is 1. The molecule has 9 nitrogen and oxygen atoms in total. The molecule has 1 saturated heterocycles. The number of ether oxygens (including phenoxy) is 1. The number of nitrogens with zero attached hydrogens (tertiary/aromatic N) is 3. The third-order valence-electron chi connectivity index (χ3n) is 7.60. The summed E-state index contributed by atoms with van der Waals surface area (Å²) in [7, 11) is 0. The van der Waals surface area contributed by atoms with E-state index in [1.807, 2.05) is 24.3 Å². The first kappa shape index (κ1) is 31.3. The molecule has 10 heteroatoms. The zero-order valence-corrected chi connectivity index (χ0v) is 24.6. The molecule has 0 aromatic heterocycles. The van der Waals surface area contributed by atoms with Crippen molar-refractivity contribution in [2.75, 3.05) is 45.9 Å². The van der Waals surface area contributed by atoms with Crippen molar-refractivity contribution >= 4 is 23.5 Å². The normalized spacial score (nSPS) is 14.8. The molecule has 0 bridgehead atoms. The van der Waals surface area contributed by atoms with Crippen LogP contribution in [0.25, 0.3) is 0 Å². The van der Waals surface area contributed by atoms with Crippen molar-refractivity contribution in [3.05, 3.63) is 100 Å². The minimum absolute atomic E-state index is 0.157. The van der Waals surface area contributed by atoms with Crippen LogP contribution < -0.4 is 16.2 Å². The van der Waals surface area contributed by atoms with E-state index >= 15 is 0 Å². The van der Waals surface area contributed by atoms with Gasteiger partial charge in [-0.1, -0.05) is 60.1 Å². The van der Waals surface area contributed by atoms with Crippen molar-refractivity contribution < 1.29 is 19.5 Å². The number of hydrogen-bond donors (Lipinski definition) is 3. The van der Waals surface area contributed by atoms with E-state index in [2.05, 4.69) is 46.2 Å². The molecule has 1 fully saturated rings. The van der Waals surface area contributed by atoms with Gasteiger partial charge in [0.05, 0.1) is 24.8 Å². The van der Waals surface area contributed by atoms with Crippen LogP contribution in [0.1, 0.15) is 52.4 Å². The van der Waals surface area contributed by atoms with Gasteiger partial charge >= 0.3 is 6.03 Å². The Morgan fingerprint density at radius 3 is 2.26 bits per heavy atom. The predicted octanol–water partition coefficient (Wildman–Crippen LogP) is 4.71. The van der Waals surface area contributed by atoms with Crippen molar-refractivity contribution in [2.45, 2.75) is 31.7 Å².